The topological polar surface area (TPSA) is 163 Å². The van der Waals surface area contributed by atoms with Crippen molar-refractivity contribution in [3.63, 3.8) is 0 Å². The van der Waals surface area contributed by atoms with Gasteiger partial charge in [0.2, 0.25) is 5.91 Å². The fraction of sp³-hybridized carbons (Fsp3) is 0.357. The summed E-state index contributed by atoms with van der Waals surface area (Å²) in [6, 6.07) is 9.24. The summed E-state index contributed by atoms with van der Waals surface area (Å²) in [5.41, 5.74) is 0.584. The van der Waals surface area contributed by atoms with Crippen molar-refractivity contribution in [1.82, 2.24) is 21.3 Å². The molecule has 2 fully saturated rings. The van der Waals surface area contributed by atoms with Crippen LogP contribution in [0.15, 0.2) is 47.4 Å². The Balaban J connectivity index is 1.12. The van der Waals surface area contributed by atoms with E-state index in [2.05, 4.69) is 38.4 Å². The number of nitrogens with one attached hydrogen (secondary N) is 5. The van der Waals surface area contributed by atoms with Gasteiger partial charge in [-0.15, -0.1) is 3.89 Å². The number of rotatable bonds is 11. The summed E-state index contributed by atoms with van der Waals surface area (Å²) in [6.45, 7) is 0.473. The molecule has 2 aliphatic heterocycles. The monoisotopic (exact) mass is 649 g/mol. The quantitative estimate of drug-likeness (QED) is 0.108. The molecule has 2 aromatic rings. The van der Waals surface area contributed by atoms with Gasteiger partial charge in [0.25, 0.3) is 11.8 Å². The van der Waals surface area contributed by atoms with E-state index in [4.69, 9.17) is 11.6 Å². The summed E-state index contributed by atoms with van der Waals surface area (Å²) < 4.78 is 35.5. The maximum absolute atomic E-state index is 13.3. The van der Waals surface area contributed by atoms with E-state index in [0.717, 1.165) is 43.2 Å². The first-order valence-electron chi connectivity index (χ1n) is 13.4. The first-order valence-corrected chi connectivity index (χ1v) is 16.2. The van der Waals surface area contributed by atoms with Gasteiger partial charge >= 0.3 is 16.3 Å². The number of benzene rings is 2. The molecule has 0 radical (unpaired) electrons. The van der Waals surface area contributed by atoms with E-state index in [1.807, 2.05) is 11.8 Å². The van der Waals surface area contributed by atoms with Crippen LogP contribution in [-0.4, -0.2) is 68.3 Å². The summed E-state index contributed by atoms with van der Waals surface area (Å²) >= 11 is 7.82. The fourth-order valence-corrected chi connectivity index (χ4v) is 6.76. The van der Waals surface area contributed by atoms with E-state index in [9.17, 15) is 31.5 Å². The second-order valence-electron chi connectivity index (χ2n) is 9.83. The van der Waals surface area contributed by atoms with Crippen LogP contribution in [-0.2, 0) is 19.8 Å². The zero-order valence-corrected chi connectivity index (χ0v) is 25.1. The van der Waals surface area contributed by atoms with Gasteiger partial charge in [-0.2, -0.15) is 20.2 Å². The normalized spacial score (nSPS) is 18.8. The molecule has 0 aliphatic carbocycles. The molecule has 0 bridgehead atoms. The first-order chi connectivity index (χ1) is 20.5. The lowest BCUT2D eigenvalue weighted by atomic mass is 10.0. The number of hydrogen-bond donors (Lipinski definition) is 5. The first kappa shape index (κ1) is 32.1. The molecule has 2 heterocycles. The number of fused-ring (bicyclic) bond motifs is 1. The average Bonchev–Trinajstić information content (AvgIpc) is 3.52. The molecule has 5 N–H and O–H groups in total. The maximum atomic E-state index is 13.3. The Labute approximate surface area is 257 Å². The van der Waals surface area contributed by atoms with Crippen LogP contribution in [0.25, 0.3) is 0 Å². The molecule has 2 aliphatic rings. The fourth-order valence-electron chi connectivity index (χ4n) is 4.56. The van der Waals surface area contributed by atoms with Gasteiger partial charge in [0, 0.05) is 47.6 Å². The standard InChI is InChI=1S/C28H29ClFN5O6S2/c29-20-11-10-19(43(30,40)41)15-21(20)33-27(38)18-8-5-17(6-9-18)7-12-25(37)32-14-13-31-24(36)4-2-1-3-23-26-22(16-42-23)34-28(39)35-26/h5-6,8-11,15,22-23,26H,1-4,13-14,16H2,(H,31,36)(H,32,37)(H,33,38)(H2,34,35,39)/t22-,23-,26-/m0/s1. The molecule has 4 rings (SSSR count). The summed E-state index contributed by atoms with van der Waals surface area (Å²) in [7, 11) is -4.97. The number of anilines is 1. The van der Waals surface area contributed by atoms with Crippen molar-refractivity contribution < 1.29 is 31.5 Å². The lowest BCUT2D eigenvalue weighted by Crippen LogP contribution is -2.36. The zero-order chi connectivity index (χ0) is 31.0. The molecule has 43 heavy (non-hydrogen) atoms. The lowest BCUT2D eigenvalue weighted by Gasteiger charge is -2.16. The third-order valence-electron chi connectivity index (χ3n) is 6.75. The average molecular weight is 650 g/mol. The molecule has 2 saturated heterocycles. The van der Waals surface area contributed by atoms with E-state index in [1.165, 1.54) is 24.3 Å². The van der Waals surface area contributed by atoms with E-state index in [0.29, 0.717) is 17.2 Å². The van der Waals surface area contributed by atoms with Crippen molar-refractivity contribution >= 4 is 63.0 Å². The Kier molecular flexibility index (Phi) is 10.9. The minimum absolute atomic E-state index is 0.0286. The number of amides is 5. The van der Waals surface area contributed by atoms with Crippen LogP contribution in [0.3, 0.4) is 0 Å². The second kappa shape index (κ2) is 14.6. The Morgan fingerprint density at radius 1 is 1.05 bits per heavy atom. The highest BCUT2D eigenvalue weighted by Gasteiger charge is 2.42. The molecule has 2 aromatic carbocycles. The van der Waals surface area contributed by atoms with E-state index >= 15 is 0 Å². The van der Waals surface area contributed by atoms with Crippen molar-refractivity contribution in [3.8, 4) is 11.8 Å². The van der Waals surface area contributed by atoms with Crippen molar-refractivity contribution in [3.05, 3.63) is 58.6 Å². The molecular weight excluding hydrogens is 621 g/mol. The summed E-state index contributed by atoms with van der Waals surface area (Å²) in [5, 5.41) is 14.1. The zero-order valence-electron chi connectivity index (χ0n) is 22.7. The maximum Gasteiger partial charge on any atom is 0.332 e. The number of thioether (sulfide) groups is 1. The van der Waals surface area contributed by atoms with Crippen LogP contribution in [0.1, 0.15) is 41.6 Å². The Bertz CT molecular complexity index is 1560. The number of urea groups is 1. The molecular formula is C28H29ClFN5O6S2. The SMILES string of the molecule is O=C(C#Cc1ccc(C(=O)Nc2cc(S(=O)(=O)F)ccc2Cl)cc1)NCCNC(=O)CCCC[C@@H]1SC[C@@H]2NC(=O)N[C@@H]21. The summed E-state index contributed by atoms with van der Waals surface area (Å²) in [5.74, 6) is 4.78. The van der Waals surface area contributed by atoms with Gasteiger partial charge in [-0.3, -0.25) is 14.4 Å². The van der Waals surface area contributed by atoms with Gasteiger partial charge in [0.15, 0.2) is 0 Å². The lowest BCUT2D eigenvalue weighted by molar-refractivity contribution is -0.121. The van der Waals surface area contributed by atoms with Crippen LogP contribution >= 0.6 is 23.4 Å². The third-order valence-corrected chi connectivity index (χ3v) is 9.40. The molecule has 0 saturated carbocycles. The minimum Gasteiger partial charge on any atom is -0.354 e. The summed E-state index contributed by atoms with van der Waals surface area (Å²) in [4.78, 5) is 47.4. The summed E-state index contributed by atoms with van der Waals surface area (Å²) in [6.07, 6.45) is 2.95. The largest absolute Gasteiger partial charge is 0.354 e. The van der Waals surface area contributed by atoms with Crippen molar-refractivity contribution in [2.75, 3.05) is 24.2 Å². The minimum atomic E-state index is -4.97. The van der Waals surface area contributed by atoms with Gasteiger partial charge in [0.05, 0.1) is 22.8 Å². The molecule has 0 aromatic heterocycles. The molecule has 15 heteroatoms. The van der Waals surface area contributed by atoms with Crippen LogP contribution in [0.4, 0.5) is 14.4 Å². The number of carbonyl (C=O) groups is 4. The molecule has 228 valence electrons. The Morgan fingerprint density at radius 3 is 2.53 bits per heavy atom. The number of carbonyl (C=O) groups excluding carboxylic acids is 4. The molecule has 5 amide bonds. The highest BCUT2D eigenvalue weighted by molar-refractivity contribution is 8.00. The van der Waals surface area contributed by atoms with Crippen LogP contribution in [0.2, 0.25) is 5.02 Å². The number of unbranched alkanes of at least 4 members (excludes halogenated alkanes) is 1. The van der Waals surface area contributed by atoms with Crippen LogP contribution < -0.4 is 26.6 Å². The second-order valence-corrected chi connectivity index (χ2v) is 12.9. The Hall–Kier alpha value is -3.80. The van der Waals surface area contributed by atoms with E-state index in [1.54, 1.807) is 0 Å². The smallest absolute Gasteiger partial charge is 0.332 e. The predicted molar refractivity (Wildman–Crippen MR) is 161 cm³/mol. The van der Waals surface area contributed by atoms with E-state index in [-0.39, 0.29) is 53.4 Å². The Morgan fingerprint density at radius 2 is 1.79 bits per heavy atom. The molecule has 3 atom stereocenters. The molecule has 11 nitrogen and oxygen atoms in total. The van der Waals surface area contributed by atoms with Gasteiger partial charge in [-0.25, -0.2) is 4.79 Å². The van der Waals surface area contributed by atoms with Crippen LogP contribution in [0, 0.1) is 11.8 Å². The molecule has 0 unspecified atom stereocenters. The number of halogens is 2. The van der Waals surface area contributed by atoms with E-state index < -0.39 is 26.9 Å². The van der Waals surface area contributed by atoms with Gasteiger partial charge in [-0.05, 0) is 55.3 Å². The predicted octanol–water partition coefficient (Wildman–Crippen LogP) is 2.56. The van der Waals surface area contributed by atoms with Gasteiger partial charge in [-0.1, -0.05) is 23.9 Å². The van der Waals surface area contributed by atoms with Crippen LogP contribution in [0.5, 0.6) is 0 Å². The molecule has 0 spiro atoms. The van der Waals surface area contributed by atoms with Crippen molar-refractivity contribution in [2.24, 2.45) is 0 Å². The van der Waals surface area contributed by atoms with Crippen molar-refractivity contribution in [2.45, 2.75) is 47.9 Å². The highest BCUT2D eigenvalue weighted by atomic mass is 35.5. The third kappa shape index (κ3) is 9.34. The van der Waals surface area contributed by atoms with Gasteiger partial charge in [0.1, 0.15) is 4.90 Å². The van der Waals surface area contributed by atoms with Gasteiger partial charge < -0.3 is 26.6 Å². The highest BCUT2D eigenvalue weighted by Crippen LogP contribution is 2.33. The van der Waals surface area contributed by atoms with Crippen molar-refractivity contribution in [1.29, 1.82) is 0 Å². The number of hydrogen-bond acceptors (Lipinski definition) is 7.